The summed E-state index contributed by atoms with van der Waals surface area (Å²) in [6.07, 6.45) is 6.47. The number of amides is 1. The maximum atomic E-state index is 11.2. The summed E-state index contributed by atoms with van der Waals surface area (Å²) in [7, 11) is 0. The van der Waals surface area contributed by atoms with Crippen molar-refractivity contribution < 1.29 is 4.79 Å². The van der Waals surface area contributed by atoms with E-state index in [0.29, 0.717) is 12.1 Å². The van der Waals surface area contributed by atoms with Crippen LogP contribution in [0.15, 0.2) is 24.3 Å². The number of carbonyl (C=O) groups excluding carboxylic acids is 1. The van der Waals surface area contributed by atoms with Crippen LogP contribution in [0.1, 0.15) is 64.5 Å². The van der Waals surface area contributed by atoms with Crippen molar-refractivity contribution in [1.29, 1.82) is 0 Å². The highest BCUT2D eigenvalue weighted by Gasteiger charge is 2.16. The van der Waals surface area contributed by atoms with Crippen LogP contribution in [0.5, 0.6) is 0 Å². The molecule has 4 heteroatoms. The van der Waals surface area contributed by atoms with Crippen molar-refractivity contribution in [2.75, 3.05) is 11.9 Å². The van der Waals surface area contributed by atoms with E-state index in [0.717, 1.165) is 18.7 Å². The lowest BCUT2D eigenvalue weighted by Crippen LogP contribution is -2.37. The zero-order chi connectivity index (χ0) is 16.7. The molecule has 1 aliphatic heterocycles. The van der Waals surface area contributed by atoms with E-state index < -0.39 is 0 Å². The molecule has 3 atom stereocenters. The fourth-order valence-corrected chi connectivity index (χ4v) is 3.41. The number of carbonyl (C=O) groups is 1. The molecule has 1 aromatic rings. The summed E-state index contributed by atoms with van der Waals surface area (Å²) in [4.78, 5) is 11.2. The first-order chi connectivity index (χ1) is 11.0. The summed E-state index contributed by atoms with van der Waals surface area (Å²) in [6.45, 7) is 7.15. The minimum absolute atomic E-state index is 0.0319. The number of anilines is 1. The molecule has 0 bridgehead atoms. The highest BCUT2D eigenvalue weighted by atomic mass is 16.1. The van der Waals surface area contributed by atoms with Gasteiger partial charge in [0.15, 0.2) is 0 Å². The Morgan fingerprint density at radius 1 is 1.30 bits per heavy atom. The van der Waals surface area contributed by atoms with Crippen LogP contribution in [-0.2, 0) is 4.79 Å². The summed E-state index contributed by atoms with van der Waals surface area (Å²) < 4.78 is 0. The van der Waals surface area contributed by atoms with Crippen molar-refractivity contribution in [2.24, 2.45) is 0 Å². The topological polar surface area (TPSA) is 53.2 Å². The Labute approximate surface area is 140 Å². The maximum absolute atomic E-state index is 11.2. The van der Waals surface area contributed by atoms with Gasteiger partial charge >= 0.3 is 0 Å². The number of hydrogen-bond donors (Lipinski definition) is 3. The lowest BCUT2D eigenvalue weighted by atomic mass is 10.0. The van der Waals surface area contributed by atoms with Gasteiger partial charge in [0, 0.05) is 30.7 Å². The van der Waals surface area contributed by atoms with Gasteiger partial charge in [-0.1, -0.05) is 25.0 Å². The second-order valence-corrected chi connectivity index (χ2v) is 6.83. The molecule has 0 aliphatic carbocycles. The molecule has 3 N–H and O–H groups in total. The third-order valence-corrected chi connectivity index (χ3v) is 4.54. The van der Waals surface area contributed by atoms with Gasteiger partial charge in [-0.25, -0.2) is 0 Å². The molecule has 128 valence electrons. The van der Waals surface area contributed by atoms with Crippen molar-refractivity contribution in [3.05, 3.63) is 29.8 Å². The first-order valence-electron chi connectivity index (χ1n) is 8.91. The normalized spacial score (nSPS) is 21.3. The Morgan fingerprint density at radius 3 is 2.91 bits per heavy atom. The maximum Gasteiger partial charge on any atom is 0.221 e. The fraction of sp³-hybridized carbons (Fsp3) is 0.632. The van der Waals surface area contributed by atoms with E-state index in [2.05, 4.69) is 41.9 Å². The van der Waals surface area contributed by atoms with Gasteiger partial charge in [0.2, 0.25) is 5.91 Å². The van der Waals surface area contributed by atoms with Crippen LogP contribution < -0.4 is 16.0 Å². The Morgan fingerprint density at radius 2 is 2.13 bits per heavy atom. The van der Waals surface area contributed by atoms with Crippen molar-refractivity contribution >= 4 is 11.6 Å². The molecule has 23 heavy (non-hydrogen) atoms. The molecule has 0 saturated carbocycles. The molecule has 1 heterocycles. The largest absolute Gasteiger partial charge is 0.326 e. The Bertz CT molecular complexity index is 495. The average Bonchev–Trinajstić information content (AvgIpc) is 2.75. The van der Waals surface area contributed by atoms with Crippen LogP contribution in [0.25, 0.3) is 0 Å². The second-order valence-electron chi connectivity index (χ2n) is 6.83. The molecule has 1 aliphatic rings. The molecule has 1 fully saturated rings. The predicted octanol–water partition coefficient (Wildman–Crippen LogP) is 3.61. The smallest absolute Gasteiger partial charge is 0.221 e. The number of hydrogen-bond acceptors (Lipinski definition) is 3. The molecule has 1 aromatic carbocycles. The van der Waals surface area contributed by atoms with Crippen LogP contribution in [0.3, 0.4) is 0 Å². The fourth-order valence-electron chi connectivity index (χ4n) is 3.41. The number of benzene rings is 1. The Kier molecular flexibility index (Phi) is 7.06. The summed E-state index contributed by atoms with van der Waals surface area (Å²) in [6, 6.07) is 9.45. The molecule has 0 radical (unpaired) electrons. The minimum atomic E-state index is -0.0319. The van der Waals surface area contributed by atoms with Crippen LogP contribution in [0.4, 0.5) is 5.69 Å². The SMILES string of the molecule is CC(=O)Nc1cccc(C(C)NC(C)CC2CCCCCN2)c1. The molecule has 2 rings (SSSR count). The van der Waals surface area contributed by atoms with Crippen molar-refractivity contribution in [3.8, 4) is 0 Å². The highest BCUT2D eigenvalue weighted by Crippen LogP contribution is 2.19. The minimum Gasteiger partial charge on any atom is -0.326 e. The van der Waals surface area contributed by atoms with Gasteiger partial charge in [-0.15, -0.1) is 0 Å². The predicted molar refractivity (Wildman–Crippen MR) is 96.6 cm³/mol. The number of rotatable bonds is 6. The third-order valence-electron chi connectivity index (χ3n) is 4.54. The molecule has 0 spiro atoms. The zero-order valence-corrected chi connectivity index (χ0v) is 14.7. The van der Waals surface area contributed by atoms with Gasteiger partial charge in [0.1, 0.15) is 0 Å². The van der Waals surface area contributed by atoms with E-state index in [1.807, 2.05) is 12.1 Å². The zero-order valence-electron chi connectivity index (χ0n) is 14.7. The monoisotopic (exact) mass is 317 g/mol. The van der Waals surface area contributed by atoms with Crippen molar-refractivity contribution in [3.63, 3.8) is 0 Å². The van der Waals surface area contributed by atoms with E-state index >= 15 is 0 Å². The molecular weight excluding hydrogens is 286 g/mol. The molecular formula is C19H31N3O. The van der Waals surface area contributed by atoms with Gasteiger partial charge < -0.3 is 16.0 Å². The Hall–Kier alpha value is -1.39. The molecule has 1 saturated heterocycles. The van der Waals surface area contributed by atoms with E-state index in [1.54, 1.807) is 0 Å². The highest BCUT2D eigenvalue weighted by molar-refractivity contribution is 5.88. The average molecular weight is 317 g/mol. The standard InChI is InChI=1S/C19H31N3O/c1-14(12-18-9-5-4-6-11-20-18)21-15(2)17-8-7-10-19(13-17)22-16(3)23/h7-8,10,13-15,18,20-21H,4-6,9,11-12H2,1-3H3,(H,22,23). The molecule has 1 amide bonds. The van der Waals surface area contributed by atoms with Gasteiger partial charge in [0.25, 0.3) is 0 Å². The lowest BCUT2D eigenvalue weighted by Gasteiger charge is -2.25. The van der Waals surface area contributed by atoms with Crippen LogP contribution >= 0.6 is 0 Å². The van der Waals surface area contributed by atoms with Crippen LogP contribution in [0, 0.1) is 0 Å². The molecule has 0 aromatic heterocycles. The third kappa shape index (κ3) is 6.32. The quantitative estimate of drug-likeness (QED) is 0.751. The van der Waals surface area contributed by atoms with E-state index in [9.17, 15) is 4.79 Å². The van der Waals surface area contributed by atoms with Gasteiger partial charge in [0.05, 0.1) is 0 Å². The second kappa shape index (κ2) is 9.04. The first kappa shape index (κ1) is 18.0. The summed E-state index contributed by atoms with van der Waals surface area (Å²) in [5.41, 5.74) is 2.07. The lowest BCUT2D eigenvalue weighted by molar-refractivity contribution is -0.114. The van der Waals surface area contributed by atoms with Gasteiger partial charge in [-0.05, 0) is 57.4 Å². The summed E-state index contributed by atoms with van der Waals surface area (Å²) in [5, 5.41) is 10.2. The first-order valence-corrected chi connectivity index (χ1v) is 8.91. The van der Waals surface area contributed by atoms with Gasteiger partial charge in [-0.3, -0.25) is 4.79 Å². The van der Waals surface area contributed by atoms with Crippen molar-refractivity contribution in [2.45, 2.75) is 71.0 Å². The number of nitrogens with one attached hydrogen (secondary N) is 3. The van der Waals surface area contributed by atoms with E-state index in [-0.39, 0.29) is 11.9 Å². The molecule has 3 unspecified atom stereocenters. The van der Waals surface area contributed by atoms with Crippen LogP contribution in [-0.4, -0.2) is 24.5 Å². The summed E-state index contributed by atoms with van der Waals surface area (Å²) >= 11 is 0. The van der Waals surface area contributed by atoms with Gasteiger partial charge in [-0.2, -0.15) is 0 Å². The van der Waals surface area contributed by atoms with E-state index in [4.69, 9.17) is 0 Å². The Balaban J connectivity index is 1.87. The summed E-state index contributed by atoms with van der Waals surface area (Å²) in [5.74, 6) is -0.0319. The van der Waals surface area contributed by atoms with E-state index in [1.165, 1.54) is 38.2 Å². The van der Waals surface area contributed by atoms with Crippen molar-refractivity contribution in [1.82, 2.24) is 10.6 Å². The molecule has 4 nitrogen and oxygen atoms in total. The van der Waals surface area contributed by atoms with Crippen LogP contribution in [0.2, 0.25) is 0 Å².